The zero-order chi connectivity index (χ0) is 21.9. The van der Waals surface area contributed by atoms with Crippen LogP contribution in [0.15, 0.2) is 28.7 Å². The summed E-state index contributed by atoms with van der Waals surface area (Å²) in [6.07, 6.45) is 1.67. The van der Waals surface area contributed by atoms with Crippen LogP contribution in [0.3, 0.4) is 0 Å². The van der Waals surface area contributed by atoms with Gasteiger partial charge in [0.25, 0.3) is 0 Å². The molecule has 1 aliphatic rings. The van der Waals surface area contributed by atoms with Crippen molar-refractivity contribution < 1.29 is 18.7 Å². The van der Waals surface area contributed by atoms with E-state index in [-0.39, 0.29) is 17.4 Å². The van der Waals surface area contributed by atoms with Crippen molar-refractivity contribution in [2.45, 2.75) is 59.7 Å². The molecule has 0 spiro atoms. The zero-order valence-corrected chi connectivity index (χ0v) is 19.0. The molecule has 30 heavy (non-hydrogen) atoms. The molecule has 2 heterocycles. The Morgan fingerprint density at radius 3 is 2.33 bits per heavy atom. The summed E-state index contributed by atoms with van der Waals surface area (Å²) in [6.45, 7) is 10.1. The Morgan fingerprint density at radius 2 is 1.77 bits per heavy atom. The van der Waals surface area contributed by atoms with E-state index in [1.165, 1.54) is 5.56 Å². The van der Waals surface area contributed by atoms with Gasteiger partial charge in [0, 0.05) is 19.5 Å². The van der Waals surface area contributed by atoms with E-state index in [2.05, 4.69) is 33.0 Å². The molecular weight excluding hydrogens is 380 g/mol. The van der Waals surface area contributed by atoms with Gasteiger partial charge in [-0.25, -0.2) is 0 Å². The predicted molar refractivity (Wildman–Crippen MR) is 117 cm³/mol. The highest BCUT2D eigenvalue weighted by Crippen LogP contribution is 2.34. The summed E-state index contributed by atoms with van der Waals surface area (Å²) in [5.74, 6) is 3.36. The maximum atomic E-state index is 13.5. The summed E-state index contributed by atoms with van der Waals surface area (Å²) >= 11 is 0. The molecule has 1 aromatic heterocycles. The number of fused-ring (bicyclic) bond motifs is 1. The van der Waals surface area contributed by atoms with E-state index in [1.807, 2.05) is 29.2 Å². The van der Waals surface area contributed by atoms with Crippen molar-refractivity contribution in [1.29, 1.82) is 0 Å². The predicted octanol–water partition coefficient (Wildman–Crippen LogP) is 3.95. The Morgan fingerprint density at radius 1 is 1.13 bits per heavy atom. The molecule has 0 saturated carbocycles. The summed E-state index contributed by atoms with van der Waals surface area (Å²) in [7, 11) is 3.28. The first-order chi connectivity index (χ1) is 14.3. The van der Waals surface area contributed by atoms with E-state index in [0.717, 1.165) is 35.7 Å². The number of hydrogen-bond donors (Lipinski definition) is 1. The molecule has 164 valence electrons. The largest absolute Gasteiger partial charge is 0.493 e. The maximum absolute atomic E-state index is 13.5. The molecule has 0 saturated heterocycles. The molecule has 0 fully saturated rings. The van der Waals surface area contributed by atoms with Gasteiger partial charge in [-0.3, -0.25) is 10.1 Å². The van der Waals surface area contributed by atoms with Crippen molar-refractivity contribution in [3.05, 3.63) is 46.9 Å². The molecule has 3 rings (SSSR count). The Labute approximate surface area is 179 Å². The molecule has 0 radical (unpaired) electrons. The molecule has 1 amide bonds. The Balaban J connectivity index is 1.75. The van der Waals surface area contributed by atoms with E-state index >= 15 is 0 Å². The topological polar surface area (TPSA) is 63.9 Å². The van der Waals surface area contributed by atoms with Crippen LogP contribution < -0.4 is 14.8 Å². The monoisotopic (exact) mass is 414 g/mol. The van der Waals surface area contributed by atoms with Crippen molar-refractivity contribution in [3.8, 4) is 11.5 Å². The van der Waals surface area contributed by atoms with Crippen molar-refractivity contribution >= 4 is 5.91 Å². The highest BCUT2D eigenvalue weighted by atomic mass is 16.5. The minimum absolute atomic E-state index is 0.116. The molecule has 6 heteroatoms. The Kier molecular flexibility index (Phi) is 6.76. The average molecular weight is 415 g/mol. The third kappa shape index (κ3) is 4.81. The number of methoxy groups -OCH3 is 2. The number of aryl methyl sites for hydroxylation is 1. The third-order valence-corrected chi connectivity index (χ3v) is 5.69. The molecule has 1 aliphatic heterocycles. The molecule has 6 nitrogen and oxygen atoms in total. The molecule has 1 atom stereocenters. The summed E-state index contributed by atoms with van der Waals surface area (Å²) in [6, 6.07) is 7.68. The van der Waals surface area contributed by atoms with Gasteiger partial charge in [0.15, 0.2) is 11.5 Å². The molecule has 0 aliphatic carbocycles. The Hall–Kier alpha value is -2.47. The fourth-order valence-corrected chi connectivity index (χ4v) is 3.93. The Bertz CT molecular complexity index is 882. The second kappa shape index (κ2) is 9.13. The quantitative estimate of drug-likeness (QED) is 0.743. The number of furan rings is 1. The van der Waals surface area contributed by atoms with Crippen LogP contribution in [0.25, 0.3) is 0 Å². The third-order valence-electron chi connectivity index (χ3n) is 5.69. The normalized spacial score (nSPS) is 14.9. The standard InChI is InChI=1S/C24H34N2O4/c1-7-18-8-9-19(30-18)14-25-22(24(2,3)4)23(27)26-11-10-16-12-20(28-5)21(29-6)13-17(16)15-26/h8-9,12-13,22,25H,7,10-11,14-15H2,1-6H3/t22-/m1/s1. The van der Waals surface area contributed by atoms with E-state index < -0.39 is 0 Å². The van der Waals surface area contributed by atoms with E-state index in [9.17, 15) is 4.79 Å². The average Bonchev–Trinajstić information content (AvgIpc) is 3.19. The van der Waals surface area contributed by atoms with Crippen molar-refractivity contribution in [1.82, 2.24) is 10.2 Å². The number of amides is 1. The lowest BCUT2D eigenvalue weighted by atomic mass is 9.85. The number of rotatable bonds is 7. The number of nitrogens with one attached hydrogen (secondary N) is 1. The first-order valence-electron chi connectivity index (χ1n) is 10.6. The number of carbonyl (C=O) groups is 1. The lowest BCUT2D eigenvalue weighted by Crippen LogP contribution is -2.53. The highest BCUT2D eigenvalue weighted by molar-refractivity contribution is 5.83. The summed E-state index contributed by atoms with van der Waals surface area (Å²) < 4.78 is 16.7. The van der Waals surface area contributed by atoms with Crippen LogP contribution in [-0.2, 0) is 30.7 Å². The first-order valence-corrected chi connectivity index (χ1v) is 10.6. The summed E-state index contributed by atoms with van der Waals surface area (Å²) in [5, 5.41) is 3.45. The summed E-state index contributed by atoms with van der Waals surface area (Å²) in [4.78, 5) is 15.4. The molecule has 2 aromatic rings. The number of nitrogens with zero attached hydrogens (tertiary/aromatic N) is 1. The van der Waals surface area contributed by atoms with Gasteiger partial charge in [-0.15, -0.1) is 0 Å². The van der Waals surface area contributed by atoms with Gasteiger partial charge in [0.05, 0.1) is 26.8 Å². The second-order valence-electron chi connectivity index (χ2n) is 8.89. The van der Waals surface area contributed by atoms with Gasteiger partial charge in [-0.2, -0.15) is 0 Å². The van der Waals surface area contributed by atoms with Crippen LogP contribution in [0.5, 0.6) is 11.5 Å². The molecule has 1 aromatic carbocycles. The highest BCUT2D eigenvalue weighted by Gasteiger charge is 2.35. The number of hydrogen-bond acceptors (Lipinski definition) is 5. The van der Waals surface area contributed by atoms with Crippen LogP contribution in [0.2, 0.25) is 0 Å². The SMILES string of the molecule is CCc1ccc(CN[C@H](C(=O)N2CCc3cc(OC)c(OC)cc3C2)C(C)(C)C)o1. The maximum Gasteiger partial charge on any atom is 0.240 e. The van der Waals surface area contributed by atoms with Gasteiger partial charge in [0.2, 0.25) is 5.91 Å². The number of ether oxygens (including phenoxy) is 2. The van der Waals surface area contributed by atoms with Crippen LogP contribution >= 0.6 is 0 Å². The van der Waals surface area contributed by atoms with Crippen LogP contribution in [0, 0.1) is 5.41 Å². The first kappa shape index (κ1) is 22.2. The molecule has 1 N–H and O–H groups in total. The second-order valence-corrected chi connectivity index (χ2v) is 8.89. The van der Waals surface area contributed by atoms with Gasteiger partial charge >= 0.3 is 0 Å². The van der Waals surface area contributed by atoms with Crippen LogP contribution in [0.4, 0.5) is 0 Å². The minimum Gasteiger partial charge on any atom is -0.493 e. The van der Waals surface area contributed by atoms with E-state index in [4.69, 9.17) is 13.9 Å². The minimum atomic E-state index is -0.311. The number of carbonyl (C=O) groups excluding carboxylic acids is 1. The van der Waals surface area contributed by atoms with Crippen molar-refractivity contribution in [2.75, 3.05) is 20.8 Å². The van der Waals surface area contributed by atoms with E-state index in [1.54, 1.807) is 14.2 Å². The van der Waals surface area contributed by atoms with Gasteiger partial charge in [-0.1, -0.05) is 27.7 Å². The van der Waals surface area contributed by atoms with Crippen molar-refractivity contribution in [2.24, 2.45) is 5.41 Å². The van der Waals surface area contributed by atoms with Crippen LogP contribution in [0.1, 0.15) is 50.3 Å². The van der Waals surface area contributed by atoms with Crippen LogP contribution in [-0.4, -0.2) is 37.6 Å². The lowest BCUT2D eigenvalue weighted by Gasteiger charge is -2.37. The molecule has 0 bridgehead atoms. The fourth-order valence-electron chi connectivity index (χ4n) is 3.93. The zero-order valence-electron chi connectivity index (χ0n) is 19.0. The van der Waals surface area contributed by atoms with Gasteiger partial charge in [-0.05, 0) is 47.2 Å². The molecular formula is C24H34N2O4. The fraction of sp³-hybridized carbons (Fsp3) is 0.542. The molecule has 0 unspecified atom stereocenters. The van der Waals surface area contributed by atoms with Gasteiger partial charge in [0.1, 0.15) is 11.5 Å². The number of benzene rings is 1. The lowest BCUT2D eigenvalue weighted by molar-refractivity contribution is -0.137. The van der Waals surface area contributed by atoms with Crippen molar-refractivity contribution in [3.63, 3.8) is 0 Å². The smallest absolute Gasteiger partial charge is 0.240 e. The van der Waals surface area contributed by atoms with Gasteiger partial charge < -0.3 is 18.8 Å². The summed E-state index contributed by atoms with van der Waals surface area (Å²) in [5.41, 5.74) is 2.09. The van der Waals surface area contributed by atoms with E-state index in [0.29, 0.717) is 25.4 Å².